The molecule has 0 bridgehead atoms. The van der Waals surface area contributed by atoms with Crippen molar-refractivity contribution in [3.05, 3.63) is 28.2 Å². The molecular formula is C20H32N5S+. The van der Waals surface area contributed by atoms with Crippen LogP contribution in [0.5, 0.6) is 0 Å². The van der Waals surface area contributed by atoms with Gasteiger partial charge < -0.3 is 4.90 Å². The van der Waals surface area contributed by atoms with Crippen LogP contribution < -0.4 is 4.90 Å². The van der Waals surface area contributed by atoms with Crippen LogP contribution >= 0.6 is 11.3 Å². The molecule has 3 heterocycles. The smallest absolute Gasteiger partial charge is 0.215 e. The number of nitrogens with zero attached hydrogens (tertiary/aromatic N) is 4. The second-order valence-electron chi connectivity index (χ2n) is 9.32. The van der Waals surface area contributed by atoms with Crippen molar-refractivity contribution in [3.63, 3.8) is 0 Å². The third-order valence-electron chi connectivity index (χ3n) is 6.34. The predicted octanol–water partition coefficient (Wildman–Crippen LogP) is 3.21. The number of rotatable bonds is 3. The lowest BCUT2D eigenvalue weighted by atomic mass is 9.69. The number of hydrogen-bond donors (Lipinski definition) is 1. The van der Waals surface area contributed by atoms with Gasteiger partial charge in [0.1, 0.15) is 0 Å². The third-order valence-corrected chi connectivity index (χ3v) is 7.28. The van der Waals surface area contributed by atoms with E-state index in [0.717, 1.165) is 5.82 Å². The van der Waals surface area contributed by atoms with Gasteiger partial charge in [-0.05, 0) is 68.3 Å². The first kappa shape index (κ1) is 18.1. The Labute approximate surface area is 160 Å². The lowest BCUT2D eigenvalue weighted by molar-refractivity contribution is -0.938. The second-order valence-corrected chi connectivity index (χ2v) is 10.3. The minimum Gasteiger partial charge on any atom is -0.321 e. The number of likely N-dealkylation sites (tertiary alicyclic amines) is 1. The average Bonchev–Trinajstić information content (AvgIpc) is 3.28. The Morgan fingerprint density at radius 1 is 1.15 bits per heavy atom. The van der Waals surface area contributed by atoms with E-state index < -0.39 is 0 Å². The highest BCUT2D eigenvalue weighted by atomic mass is 32.1. The highest BCUT2D eigenvalue weighted by Gasteiger charge is 2.44. The van der Waals surface area contributed by atoms with Crippen LogP contribution in [-0.2, 0) is 5.54 Å². The summed E-state index contributed by atoms with van der Waals surface area (Å²) in [6, 6.07) is 4.69. The van der Waals surface area contributed by atoms with E-state index in [2.05, 4.69) is 53.8 Å². The quantitative estimate of drug-likeness (QED) is 0.897. The molecule has 1 aliphatic carbocycles. The predicted molar refractivity (Wildman–Crippen MR) is 104 cm³/mol. The number of piperidine rings is 1. The summed E-state index contributed by atoms with van der Waals surface area (Å²) in [5.74, 6) is 1.03. The molecule has 5 nitrogen and oxygen atoms in total. The molecule has 2 fully saturated rings. The fraction of sp³-hybridized carbons (Fsp3) is 0.750. The highest BCUT2D eigenvalue weighted by Crippen LogP contribution is 2.41. The standard InChI is InChI=1S/C20H31N5S/c1-19(2,3)25-18(21-22-23-25)17(16-9-7-14-26-16)24-13-8-12-20(15-24)10-5-4-6-11-20/h7,9,14,17H,4-6,8,10-13,15H2,1-3H3/p+1/t17-/m0/s1. The largest absolute Gasteiger partial charge is 0.321 e. The normalized spacial score (nSPS) is 24.7. The fourth-order valence-electron chi connectivity index (χ4n) is 5.14. The Morgan fingerprint density at radius 2 is 1.92 bits per heavy atom. The molecule has 1 saturated carbocycles. The van der Waals surface area contributed by atoms with Gasteiger partial charge in [0.15, 0.2) is 6.04 Å². The van der Waals surface area contributed by atoms with Crippen LogP contribution in [0.3, 0.4) is 0 Å². The van der Waals surface area contributed by atoms with Gasteiger partial charge in [0.05, 0.1) is 23.5 Å². The third kappa shape index (κ3) is 3.46. The van der Waals surface area contributed by atoms with Gasteiger partial charge in [0.25, 0.3) is 0 Å². The topological polar surface area (TPSA) is 48.0 Å². The van der Waals surface area contributed by atoms with Crippen molar-refractivity contribution >= 4 is 11.3 Å². The number of quaternary nitrogens is 1. The van der Waals surface area contributed by atoms with Gasteiger partial charge in [-0.1, -0.05) is 25.3 Å². The van der Waals surface area contributed by atoms with Crippen molar-refractivity contribution < 1.29 is 4.90 Å². The van der Waals surface area contributed by atoms with E-state index in [1.165, 1.54) is 62.9 Å². The van der Waals surface area contributed by atoms with Crippen molar-refractivity contribution in [2.24, 2.45) is 5.41 Å². The number of aromatic nitrogens is 4. The van der Waals surface area contributed by atoms with E-state index in [9.17, 15) is 0 Å². The zero-order valence-electron chi connectivity index (χ0n) is 16.4. The molecule has 26 heavy (non-hydrogen) atoms. The lowest BCUT2D eigenvalue weighted by Crippen LogP contribution is -3.14. The molecule has 1 spiro atoms. The maximum atomic E-state index is 4.54. The maximum Gasteiger partial charge on any atom is 0.215 e. The highest BCUT2D eigenvalue weighted by molar-refractivity contribution is 7.10. The van der Waals surface area contributed by atoms with Crippen molar-refractivity contribution in [1.82, 2.24) is 20.2 Å². The lowest BCUT2D eigenvalue weighted by Gasteiger charge is -2.45. The molecule has 0 radical (unpaired) electrons. The van der Waals surface area contributed by atoms with Crippen LogP contribution in [0.4, 0.5) is 0 Å². The molecular weight excluding hydrogens is 342 g/mol. The monoisotopic (exact) mass is 374 g/mol. The maximum absolute atomic E-state index is 4.54. The van der Waals surface area contributed by atoms with Gasteiger partial charge in [-0.3, -0.25) is 0 Å². The molecule has 2 aliphatic rings. The van der Waals surface area contributed by atoms with Crippen molar-refractivity contribution in [3.8, 4) is 0 Å². The minimum atomic E-state index is -0.105. The summed E-state index contributed by atoms with van der Waals surface area (Å²) in [7, 11) is 0. The summed E-state index contributed by atoms with van der Waals surface area (Å²) in [6.45, 7) is 9.05. The van der Waals surface area contributed by atoms with E-state index in [1.807, 2.05) is 16.0 Å². The molecule has 6 heteroatoms. The summed E-state index contributed by atoms with van der Waals surface area (Å²) in [6.07, 6.45) is 9.82. The van der Waals surface area contributed by atoms with Crippen molar-refractivity contribution in [2.45, 2.75) is 77.3 Å². The van der Waals surface area contributed by atoms with E-state index in [0.29, 0.717) is 5.41 Å². The van der Waals surface area contributed by atoms with Crippen LogP contribution in [0.2, 0.25) is 0 Å². The Morgan fingerprint density at radius 3 is 2.62 bits per heavy atom. The van der Waals surface area contributed by atoms with E-state index in [4.69, 9.17) is 0 Å². The summed E-state index contributed by atoms with van der Waals surface area (Å²) < 4.78 is 2.05. The van der Waals surface area contributed by atoms with E-state index in [1.54, 1.807) is 4.90 Å². The van der Waals surface area contributed by atoms with Crippen molar-refractivity contribution in [2.75, 3.05) is 13.1 Å². The van der Waals surface area contributed by atoms with Crippen LogP contribution in [-0.4, -0.2) is 33.3 Å². The number of thiophene rings is 1. The molecule has 2 aromatic rings. The summed E-state index contributed by atoms with van der Waals surface area (Å²) in [5.41, 5.74) is 0.452. The molecule has 4 rings (SSSR count). The van der Waals surface area contributed by atoms with Gasteiger partial charge in [0, 0.05) is 5.41 Å². The Kier molecular flexibility index (Phi) is 4.90. The number of tetrazole rings is 1. The summed E-state index contributed by atoms with van der Waals surface area (Å²) >= 11 is 1.85. The molecule has 142 valence electrons. The summed E-state index contributed by atoms with van der Waals surface area (Å²) in [5, 5.41) is 15.2. The minimum absolute atomic E-state index is 0.105. The molecule has 1 unspecified atom stereocenters. The van der Waals surface area contributed by atoms with Crippen LogP contribution in [0.25, 0.3) is 0 Å². The zero-order valence-corrected chi connectivity index (χ0v) is 17.2. The van der Waals surface area contributed by atoms with Gasteiger partial charge in [-0.15, -0.1) is 16.4 Å². The summed E-state index contributed by atoms with van der Waals surface area (Å²) in [4.78, 5) is 3.06. The van der Waals surface area contributed by atoms with Gasteiger partial charge in [0.2, 0.25) is 5.82 Å². The van der Waals surface area contributed by atoms with Crippen molar-refractivity contribution in [1.29, 1.82) is 0 Å². The first-order valence-electron chi connectivity index (χ1n) is 10.2. The number of nitrogens with one attached hydrogen (secondary N) is 1. The molecule has 0 aromatic carbocycles. The molecule has 1 aliphatic heterocycles. The van der Waals surface area contributed by atoms with Gasteiger partial charge in [-0.2, -0.15) is 0 Å². The van der Waals surface area contributed by atoms with Crippen LogP contribution in [0.1, 0.15) is 82.5 Å². The van der Waals surface area contributed by atoms with Gasteiger partial charge in [-0.25, -0.2) is 4.68 Å². The fourth-order valence-corrected chi connectivity index (χ4v) is 6.02. The Bertz CT molecular complexity index is 703. The first-order chi connectivity index (χ1) is 12.5. The Hall–Kier alpha value is -1.27. The first-order valence-corrected chi connectivity index (χ1v) is 11.0. The average molecular weight is 375 g/mol. The Balaban J connectivity index is 1.70. The van der Waals surface area contributed by atoms with Crippen LogP contribution in [0, 0.1) is 5.41 Å². The van der Waals surface area contributed by atoms with E-state index >= 15 is 0 Å². The number of hydrogen-bond acceptors (Lipinski definition) is 4. The molecule has 2 aromatic heterocycles. The molecule has 0 amide bonds. The zero-order chi connectivity index (χ0) is 18.2. The van der Waals surface area contributed by atoms with E-state index in [-0.39, 0.29) is 11.6 Å². The molecule has 2 atom stereocenters. The molecule has 1 N–H and O–H groups in total. The van der Waals surface area contributed by atoms with Crippen LogP contribution in [0.15, 0.2) is 17.5 Å². The SMILES string of the molecule is CC(C)(C)n1nnnc1[C@H](c1cccs1)[NH+]1CCCC2(CCCCC2)C1. The molecule has 1 saturated heterocycles. The second kappa shape index (κ2) is 7.04. The van der Waals surface area contributed by atoms with Gasteiger partial charge >= 0.3 is 0 Å².